The van der Waals surface area contributed by atoms with Gasteiger partial charge in [0.05, 0.1) is 5.92 Å². The highest BCUT2D eigenvalue weighted by atomic mass is 16.4. The van der Waals surface area contributed by atoms with Gasteiger partial charge in [0.25, 0.3) is 0 Å². The molecule has 5 heteroatoms. The van der Waals surface area contributed by atoms with Gasteiger partial charge in [-0.3, -0.25) is 9.59 Å². The average Bonchev–Trinajstić information content (AvgIpc) is 2.85. The van der Waals surface area contributed by atoms with E-state index in [4.69, 9.17) is 10.8 Å². The van der Waals surface area contributed by atoms with Gasteiger partial charge in [-0.15, -0.1) is 0 Å². The van der Waals surface area contributed by atoms with Crippen molar-refractivity contribution in [1.29, 1.82) is 0 Å². The van der Waals surface area contributed by atoms with Crippen LogP contribution in [0.4, 0.5) is 5.69 Å². The number of hydrogen-bond donors (Lipinski definition) is 3. The molecule has 1 saturated carbocycles. The number of nitrogens with one attached hydrogen (secondary N) is 1. The number of aliphatic carboxylic acids is 1. The number of hydrogen-bond acceptors (Lipinski definition) is 3. The summed E-state index contributed by atoms with van der Waals surface area (Å²) < 4.78 is 0. The summed E-state index contributed by atoms with van der Waals surface area (Å²) >= 11 is 0. The van der Waals surface area contributed by atoms with Crippen molar-refractivity contribution in [1.82, 2.24) is 5.32 Å². The van der Waals surface area contributed by atoms with Crippen molar-refractivity contribution in [3.05, 3.63) is 29.8 Å². The summed E-state index contributed by atoms with van der Waals surface area (Å²) in [6, 6.07) is 7.22. The van der Waals surface area contributed by atoms with Crippen LogP contribution in [0.25, 0.3) is 0 Å². The number of benzene rings is 1. The normalized spacial score (nSPS) is 21.6. The van der Waals surface area contributed by atoms with Crippen LogP contribution in [0.5, 0.6) is 0 Å². The molecule has 4 N–H and O–H groups in total. The Hall–Kier alpha value is -2.04. The molecule has 0 aliphatic heterocycles. The lowest BCUT2D eigenvalue weighted by molar-refractivity contribution is -0.142. The number of carboxylic acids is 1. The van der Waals surface area contributed by atoms with E-state index in [0.29, 0.717) is 24.9 Å². The van der Waals surface area contributed by atoms with Crippen LogP contribution in [-0.4, -0.2) is 23.0 Å². The number of nitrogen functional groups attached to an aromatic ring is 1. The number of nitrogens with two attached hydrogens (primary N) is 1. The predicted octanol–water partition coefficient (Wildman–Crippen LogP) is 1.57. The molecule has 0 saturated heterocycles. The van der Waals surface area contributed by atoms with E-state index in [1.807, 2.05) is 18.2 Å². The maximum absolute atomic E-state index is 11.9. The molecule has 0 aromatic heterocycles. The molecule has 1 aromatic carbocycles. The van der Waals surface area contributed by atoms with Crippen LogP contribution in [0.15, 0.2) is 24.3 Å². The van der Waals surface area contributed by atoms with E-state index in [2.05, 4.69) is 5.32 Å². The number of rotatable bonds is 5. The lowest BCUT2D eigenvalue weighted by atomic mass is 10.0. The molecule has 2 rings (SSSR count). The summed E-state index contributed by atoms with van der Waals surface area (Å²) in [6.07, 6.45) is 3.22. The summed E-state index contributed by atoms with van der Waals surface area (Å²) in [4.78, 5) is 22.9. The molecule has 108 valence electrons. The molecule has 0 radical (unpaired) electrons. The number of carbonyl (C=O) groups is 2. The summed E-state index contributed by atoms with van der Waals surface area (Å²) in [6.45, 7) is 0. The van der Waals surface area contributed by atoms with Crippen LogP contribution in [0.2, 0.25) is 0 Å². The highest BCUT2D eigenvalue weighted by Gasteiger charge is 2.33. The SMILES string of the molecule is Nc1cccc(CCC(=O)NC2CCCC2C(=O)O)c1. The standard InChI is InChI=1S/C15H20N2O3/c16-11-4-1-3-10(9-11)7-8-14(18)17-13-6-2-5-12(13)15(19)20/h1,3-4,9,12-13H,2,5-8,16H2,(H,17,18)(H,19,20). The summed E-state index contributed by atoms with van der Waals surface area (Å²) in [5.74, 6) is -1.35. The van der Waals surface area contributed by atoms with Gasteiger partial charge in [0.1, 0.15) is 0 Å². The Morgan fingerprint density at radius 3 is 2.85 bits per heavy atom. The van der Waals surface area contributed by atoms with E-state index < -0.39 is 11.9 Å². The molecular weight excluding hydrogens is 256 g/mol. The summed E-state index contributed by atoms with van der Waals surface area (Å²) in [5, 5.41) is 11.9. The molecule has 0 bridgehead atoms. The Bertz CT molecular complexity index is 502. The fraction of sp³-hybridized carbons (Fsp3) is 0.467. The average molecular weight is 276 g/mol. The van der Waals surface area contributed by atoms with Gasteiger partial charge in [0, 0.05) is 18.2 Å². The van der Waals surface area contributed by atoms with Crippen molar-refractivity contribution < 1.29 is 14.7 Å². The lowest BCUT2D eigenvalue weighted by Crippen LogP contribution is -2.40. The van der Waals surface area contributed by atoms with Gasteiger partial charge in [-0.25, -0.2) is 0 Å². The number of carboxylic acid groups (broad SMARTS) is 1. The predicted molar refractivity (Wildman–Crippen MR) is 76.1 cm³/mol. The smallest absolute Gasteiger partial charge is 0.308 e. The number of amides is 1. The minimum atomic E-state index is -0.816. The largest absolute Gasteiger partial charge is 0.481 e. The van der Waals surface area contributed by atoms with Gasteiger partial charge in [0.15, 0.2) is 0 Å². The van der Waals surface area contributed by atoms with Gasteiger partial charge >= 0.3 is 5.97 Å². The van der Waals surface area contributed by atoms with Crippen molar-refractivity contribution >= 4 is 17.6 Å². The third-order valence-corrected chi connectivity index (χ3v) is 3.77. The van der Waals surface area contributed by atoms with Gasteiger partial charge in [-0.1, -0.05) is 18.6 Å². The molecule has 2 atom stereocenters. The molecule has 5 nitrogen and oxygen atoms in total. The first-order chi connectivity index (χ1) is 9.56. The zero-order valence-electron chi connectivity index (χ0n) is 11.3. The second-order valence-electron chi connectivity index (χ2n) is 5.29. The van der Waals surface area contributed by atoms with Crippen molar-refractivity contribution in [2.75, 3.05) is 5.73 Å². The van der Waals surface area contributed by atoms with Gasteiger partial charge in [0.2, 0.25) is 5.91 Å². The fourth-order valence-corrected chi connectivity index (χ4v) is 2.71. The van der Waals surface area contributed by atoms with E-state index in [1.165, 1.54) is 0 Å². The van der Waals surface area contributed by atoms with Gasteiger partial charge in [-0.2, -0.15) is 0 Å². The number of carbonyl (C=O) groups excluding carboxylic acids is 1. The zero-order valence-corrected chi connectivity index (χ0v) is 11.3. The van der Waals surface area contributed by atoms with E-state index in [1.54, 1.807) is 6.07 Å². The summed E-state index contributed by atoms with van der Waals surface area (Å²) in [7, 11) is 0. The minimum Gasteiger partial charge on any atom is -0.481 e. The fourth-order valence-electron chi connectivity index (χ4n) is 2.71. The van der Waals surface area contributed by atoms with Crippen LogP contribution < -0.4 is 11.1 Å². The van der Waals surface area contributed by atoms with Crippen molar-refractivity contribution in [2.45, 2.75) is 38.1 Å². The van der Waals surface area contributed by atoms with Crippen LogP contribution in [0.3, 0.4) is 0 Å². The van der Waals surface area contributed by atoms with E-state index in [0.717, 1.165) is 18.4 Å². The molecule has 0 spiro atoms. The summed E-state index contributed by atoms with van der Waals surface area (Å²) in [5.41, 5.74) is 7.38. The van der Waals surface area contributed by atoms with Crippen LogP contribution in [0, 0.1) is 5.92 Å². The molecule has 20 heavy (non-hydrogen) atoms. The molecule has 1 aliphatic rings. The second-order valence-corrected chi connectivity index (χ2v) is 5.29. The monoisotopic (exact) mass is 276 g/mol. The molecule has 1 aliphatic carbocycles. The maximum atomic E-state index is 11.9. The van der Waals surface area contributed by atoms with E-state index >= 15 is 0 Å². The lowest BCUT2D eigenvalue weighted by Gasteiger charge is -2.17. The first-order valence-electron chi connectivity index (χ1n) is 6.93. The van der Waals surface area contributed by atoms with Crippen molar-refractivity contribution in [3.8, 4) is 0 Å². The molecule has 0 heterocycles. The molecular formula is C15H20N2O3. The Morgan fingerprint density at radius 2 is 2.15 bits per heavy atom. The molecule has 1 aromatic rings. The molecule has 1 amide bonds. The number of aryl methyl sites for hydroxylation is 1. The maximum Gasteiger partial charge on any atom is 0.308 e. The first-order valence-corrected chi connectivity index (χ1v) is 6.93. The zero-order chi connectivity index (χ0) is 14.5. The van der Waals surface area contributed by atoms with Gasteiger partial charge < -0.3 is 16.2 Å². The van der Waals surface area contributed by atoms with Crippen LogP contribution >= 0.6 is 0 Å². The third kappa shape index (κ3) is 3.73. The minimum absolute atomic E-state index is 0.0921. The quantitative estimate of drug-likeness (QED) is 0.712. The second kappa shape index (κ2) is 6.41. The first kappa shape index (κ1) is 14.4. The Morgan fingerprint density at radius 1 is 1.35 bits per heavy atom. The number of anilines is 1. The highest BCUT2D eigenvalue weighted by Crippen LogP contribution is 2.25. The highest BCUT2D eigenvalue weighted by molar-refractivity contribution is 5.78. The van der Waals surface area contributed by atoms with Crippen molar-refractivity contribution in [3.63, 3.8) is 0 Å². The van der Waals surface area contributed by atoms with Crippen molar-refractivity contribution in [2.24, 2.45) is 5.92 Å². The van der Waals surface area contributed by atoms with Gasteiger partial charge in [-0.05, 0) is 37.0 Å². The van der Waals surface area contributed by atoms with Crippen LogP contribution in [-0.2, 0) is 16.0 Å². The third-order valence-electron chi connectivity index (χ3n) is 3.77. The van der Waals surface area contributed by atoms with Crippen LogP contribution in [0.1, 0.15) is 31.2 Å². The van der Waals surface area contributed by atoms with E-state index in [9.17, 15) is 9.59 Å². The molecule has 2 unspecified atom stereocenters. The Kier molecular flexibility index (Phi) is 4.61. The molecule has 1 fully saturated rings. The Labute approximate surface area is 118 Å². The topological polar surface area (TPSA) is 92.4 Å². The van der Waals surface area contributed by atoms with E-state index in [-0.39, 0.29) is 11.9 Å². The Balaban J connectivity index is 1.82.